The number of halogens is 1. The van der Waals surface area contributed by atoms with Gasteiger partial charge in [-0.3, -0.25) is 34.2 Å². The molecule has 0 saturated heterocycles. The first kappa shape index (κ1) is 19.6. The van der Waals surface area contributed by atoms with Crippen LogP contribution in [0.25, 0.3) is 0 Å². The van der Waals surface area contributed by atoms with E-state index in [1.807, 2.05) is 0 Å². The number of imide groups is 1. The van der Waals surface area contributed by atoms with Crippen LogP contribution in [-0.2, 0) is 14.3 Å². The maximum Gasteiger partial charge on any atom is 0.326 e. The number of nitro benzene ring substituents is 1. The molecule has 2 aromatic carbocycles. The van der Waals surface area contributed by atoms with E-state index in [1.165, 1.54) is 12.1 Å². The Morgan fingerprint density at radius 3 is 2.31 bits per heavy atom. The van der Waals surface area contributed by atoms with E-state index in [0.717, 1.165) is 18.2 Å². The average molecular weight is 401 g/mol. The van der Waals surface area contributed by atoms with E-state index < -0.39 is 53.3 Å². The molecular formula is C18H12FN3O7. The van der Waals surface area contributed by atoms with Gasteiger partial charge in [0.2, 0.25) is 5.82 Å². The molecule has 11 heteroatoms. The van der Waals surface area contributed by atoms with Gasteiger partial charge in [0.05, 0.1) is 16.1 Å². The lowest BCUT2D eigenvalue weighted by Crippen LogP contribution is -2.36. The number of nitrogens with zero attached hydrogens (tertiary/aromatic N) is 2. The van der Waals surface area contributed by atoms with Crippen molar-refractivity contribution in [3.63, 3.8) is 0 Å². The van der Waals surface area contributed by atoms with Crippen molar-refractivity contribution in [2.24, 2.45) is 0 Å². The van der Waals surface area contributed by atoms with E-state index in [-0.39, 0.29) is 16.8 Å². The summed E-state index contributed by atoms with van der Waals surface area (Å²) in [6, 6.07) is 8.79. The van der Waals surface area contributed by atoms with Crippen LogP contribution in [0.4, 0.5) is 15.8 Å². The van der Waals surface area contributed by atoms with Crippen molar-refractivity contribution in [1.82, 2.24) is 4.90 Å². The fourth-order valence-corrected chi connectivity index (χ4v) is 2.63. The van der Waals surface area contributed by atoms with Crippen LogP contribution in [0.5, 0.6) is 0 Å². The number of hydrogen-bond donors (Lipinski definition) is 1. The van der Waals surface area contributed by atoms with Gasteiger partial charge < -0.3 is 10.1 Å². The number of anilines is 1. The molecule has 1 N–H and O–H groups in total. The molecule has 3 amide bonds. The quantitative estimate of drug-likeness (QED) is 0.335. The zero-order valence-electron chi connectivity index (χ0n) is 14.6. The van der Waals surface area contributed by atoms with Crippen molar-refractivity contribution in [1.29, 1.82) is 0 Å². The van der Waals surface area contributed by atoms with Crippen molar-refractivity contribution >= 4 is 35.1 Å². The summed E-state index contributed by atoms with van der Waals surface area (Å²) < 4.78 is 18.0. The van der Waals surface area contributed by atoms with Gasteiger partial charge in [-0.2, -0.15) is 4.39 Å². The van der Waals surface area contributed by atoms with Gasteiger partial charge >= 0.3 is 11.7 Å². The molecule has 0 saturated carbocycles. The molecule has 29 heavy (non-hydrogen) atoms. The minimum atomic E-state index is -1.07. The summed E-state index contributed by atoms with van der Waals surface area (Å²) in [6.45, 7) is -1.45. The molecule has 1 heterocycles. The summed E-state index contributed by atoms with van der Waals surface area (Å²) in [5, 5.41) is 12.9. The van der Waals surface area contributed by atoms with Gasteiger partial charge in [-0.05, 0) is 24.3 Å². The van der Waals surface area contributed by atoms with Crippen molar-refractivity contribution < 1.29 is 33.2 Å². The van der Waals surface area contributed by atoms with Crippen LogP contribution in [0.3, 0.4) is 0 Å². The lowest BCUT2D eigenvalue weighted by atomic mass is 10.1. The van der Waals surface area contributed by atoms with Gasteiger partial charge in [0.1, 0.15) is 6.54 Å². The molecule has 148 valence electrons. The molecule has 0 spiro atoms. The summed E-state index contributed by atoms with van der Waals surface area (Å²) in [4.78, 5) is 58.5. The summed E-state index contributed by atoms with van der Waals surface area (Å²) in [5.41, 5.74) is -0.563. The molecule has 1 aliphatic rings. The molecule has 10 nitrogen and oxygen atoms in total. The average Bonchev–Trinajstić information content (AvgIpc) is 2.93. The van der Waals surface area contributed by atoms with E-state index in [1.54, 1.807) is 12.1 Å². The number of fused-ring (bicyclic) bond motifs is 1. The molecule has 2 aromatic rings. The topological polar surface area (TPSA) is 136 Å². The Morgan fingerprint density at radius 2 is 1.72 bits per heavy atom. The van der Waals surface area contributed by atoms with Crippen LogP contribution >= 0.6 is 0 Å². The maximum atomic E-state index is 13.3. The van der Waals surface area contributed by atoms with Crippen LogP contribution in [0.15, 0.2) is 42.5 Å². The number of rotatable bonds is 6. The molecule has 0 aliphatic carbocycles. The fraction of sp³-hybridized carbons (Fsp3) is 0.111. The molecule has 3 rings (SSSR count). The zero-order chi connectivity index (χ0) is 21.1. The molecule has 0 fully saturated rings. The Hall–Kier alpha value is -4.15. The molecule has 0 unspecified atom stereocenters. The number of hydrogen-bond acceptors (Lipinski definition) is 7. The first-order chi connectivity index (χ1) is 13.8. The molecular weight excluding hydrogens is 389 g/mol. The third kappa shape index (κ3) is 4.08. The Bertz CT molecular complexity index is 1020. The third-order valence-corrected chi connectivity index (χ3v) is 3.96. The highest BCUT2D eigenvalue weighted by Gasteiger charge is 2.36. The Labute approximate surface area is 162 Å². The van der Waals surface area contributed by atoms with Crippen LogP contribution in [0.1, 0.15) is 20.7 Å². The lowest BCUT2D eigenvalue weighted by Gasteiger charge is -2.13. The second-order valence-corrected chi connectivity index (χ2v) is 5.87. The fourth-order valence-electron chi connectivity index (χ4n) is 2.63. The highest BCUT2D eigenvalue weighted by molar-refractivity contribution is 6.22. The van der Waals surface area contributed by atoms with Gasteiger partial charge in [0, 0.05) is 11.8 Å². The van der Waals surface area contributed by atoms with E-state index in [2.05, 4.69) is 5.32 Å². The molecule has 0 bridgehead atoms. The predicted molar refractivity (Wildman–Crippen MR) is 94.5 cm³/mol. The van der Waals surface area contributed by atoms with Crippen LogP contribution < -0.4 is 5.32 Å². The van der Waals surface area contributed by atoms with Gasteiger partial charge in [-0.15, -0.1) is 0 Å². The Balaban J connectivity index is 1.54. The Morgan fingerprint density at radius 1 is 1.10 bits per heavy atom. The second kappa shape index (κ2) is 7.84. The minimum Gasteiger partial charge on any atom is -0.454 e. The van der Waals surface area contributed by atoms with E-state index >= 15 is 0 Å². The number of nitro groups is 1. The van der Waals surface area contributed by atoms with Gasteiger partial charge in [-0.1, -0.05) is 12.1 Å². The lowest BCUT2D eigenvalue weighted by molar-refractivity contribution is -0.387. The first-order valence-electron chi connectivity index (χ1n) is 8.12. The van der Waals surface area contributed by atoms with Crippen LogP contribution in [0, 0.1) is 15.9 Å². The SMILES string of the molecule is O=C(COC(=O)CN1C(=O)c2ccccc2C1=O)Nc1ccc(F)c([N+](=O)[O-])c1. The second-order valence-electron chi connectivity index (χ2n) is 5.87. The number of ether oxygens (including phenoxy) is 1. The number of carbonyl (C=O) groups is 4. The van der Waals surface area contributed by atoms with Gasteiger partial charge in [0.25, 0.3) is 17.7 Å². The summed E-state index contributed by atoms with van der Waals surface area (Å²) in [6.07, 6.45) is 0. The standard InChI is InChI=1S/C18H12FN3O7/c19-13-6-5-10(7-14(13)22(27)28)20-15(23)9-29-16(24)8-21-17(25)11-3-1-2-4-12(11)18(21)26/h1-7H,8-9H2,(H,20,23). The smallest absolute Gasteiger partial charge is 0.326 e. The van der Waals surface area contributed by atoms with Crippen molar-refractivity contribution in [2.75, 3.05) is 18.5 Å². The summed E-state index contributed by atoms with van der Waals surface area (Å²) >= 11 is 0. The van der Waals surface area contributed by atoms with Crippen LogP contribution in [-0.4, -0.2) is 46.7 Å². The zero-order valence-corrected chi connectivity index (χ0v) is 14.6. The van der Waals surface area contributed by atoms with E-state index in [0.29, 0.717) is 4.90 Å². The van der Waals surface area contributed by atoms with Gasteiger partial charge in [0.15, 0.2) is 6.61 Å². The molecule has 0 aromatic heterocycles. The normalized spacial score (nSPS) is 12.5. The van der Waals surface area contributed by atoms with Crippen molar-refractivity contribution in [3.05, 3.63) is 69.5 Å². The van der Waals surface area contributed by atoms with Gasteiger partial charge in [-0.25, -0.2) is 0 Å². The molecule has 0 atom stereocenters. The first-order valence-corrected chi connectivity index (χ1v) is 8.12. The monoisotopic (exact) mass is 401 g/mol. The minimum absolute atomic E-state index is 0.0699. The van der Waals surface area contributed by atoms with Crippen molar-refractivity contribution in [2.45, 2.75) is 0 Å². The highest BCUT2D eigenvalue weighted by atomic mass is 19.1. The number of esters is 1. The number of benzene rings is 2. The largest absolute Gasteiger partial charge is 0.454 e. The maximum absolute atomic E-state index is 13.3. The molecule has 1 aliphatic heterocycles. The number of carbonyl (C=O) groups excluding carboxylic acids is 4. The highest BCUT2D eigenvalue weighted by Crippen LogP contribution is 2.23. The summed E-state index contributed by atoms with van der Waals surface area (Å²) in [7, 11) is 0. The number of nitrogens with one attached hydrogen (secondary N) is 1. The third-order valence-electron chi connectivity index (χ3n) is 3.96. The summed E-state index contributed by atoms with van der Waals surface area (Å²) in [5.74, 6) is -4.21. The predicted octanol–water partition coefficient (Wildman–Crippen LogP) is 1.51. The number of amides is 3. The van der Waals surface area contributed by atoms with E-state index in [9.17, 15) is 33.7 Å². The molecule has 0 radical (unpaired) electrons. The van der Waals surface area contributed by atoms with Crippen LogP contribution in [0.2, 0.25) is 0 Å². The van der Waals surface area contributed by atoms with E-state index in [4.69, 9.17) is 4.74 Å². The Kier molecular flexibility index (Phi) is 5.30. The van der Waals surface area contributed by atoms with Crippen molar-refractivity contribution in [3.8, 4) is 0 Å².